The highest BCUT2D eigenvalue weighted by molar-refractivity contribution is 4.96. The quantitative estimate of drug-likeness (QED) is 0.0848. The Labute approximate surface area is 241 Å². The van der Waals surface area contributed by atoms with Crippen LogP contribution in [-0.2, 0) is 0 Å². The van der Waals surface area contributed by atoms with E-state index in [1.807, 2.05) is 0 Å². The highest BCUT2D eigenvalue weighted by Gasteiger charge is 2.23. The second-order valence-corrected chi connectivity index (χ2v) is 12.5. The number of rotatable bonds is 30. The Balaban J connectivity index is 1.94. The summed E-state index contributed by atoms with van der Waals surface area (Å²) in [5.74, 6) is 0. The van der Waals surface area contributed by atoms with Crippen molar-refractivity contribution in [2.24, 2.45) is 0 Å². The predicted molar refractivity (Wildman–Crippen MR) is 173 cm³/mol. The second-order valence-electron chi connectivity index (χ2n) is 12.5. The van der Waals surface area contributed by atoms with Crippen molar-refractivity contribution in [3.63, 3.8) is 0 Å². The maximum atomic E-state index is 2.66. The van der Waals surface area contributed by atoms with Gasteiger partial charge >= 0.3 is 0 Å². The Morgan fingerprint density at radius 2 is 0.684 bits per heavy atom. The third-order valence-corrected chi connectivity index (χ3v) is 8.92. The van der Waals surface area contributed by atoms with Crippen molar-refractivity contribution in [3.8, 4) is 0 Å². The predicted octanol–water partition coefficient (Wildman–Crippen LogP) is 12.4. The number of nitrogens with zero attached hydrogens (tertiary/aromatic N) is 2. The molecule has 2 nitrogen and oxygen atoms in total. The van der Waals surface area contributed by atoms with Crippen molar-refractivity contribution >= 4 is 0 Å². The van der Waals surface area contributed by atoms with E-state index < -0.39 is 0 Å². The molecule has 0 saturated heterocycles. The lowest BCUT2D eigenvalue weighted by Gasteiger charge is -2.32. The molecule has 0 spiro atoms. The smallest absolute Gasteiger partial charge is 0.101 e. The molecular formula is C36H72N2. The Kier molecular flexibility index (Phi) is 26.0. The summed E-state index contributed by atoms with van der Waals surface area (Å²) in [6.07, 6.45) is 45.8. The minimum Gasteiger partial charge on any atom is -0.356 e. The molecule has 0 fully saturated rings. The van der Waals surface area contributed by atoms with Crippen LogP contribution < -0.4 is 0 Å². The summed E-state index contributed by atoms with van der Waals surface area (Å²) < 4.78 is 0. The molecule has 1 aliphatic heterocycles. The molecule has 1 aliphatic rings. The van der Waals surface area contributed by atoms with Gasteiger partial charge in [0.05, 0.1) is 0 Å². The molecule has 0 N–H and O–H groups in total. The number of hydrogen-bond acceptors (Lipinski definition) is 2. The molecule has 1 heterocycles. The molecule has 0 aromatic rings. The lowest BCUT2D eigenvalue weighted by atomic mass is 10.0. The first-order chi connectivity index (χ1) is 18.8. The highest BCUT2D eigenvalue weighted by atomic mass is 15.4. The van der Waals surface area contributed by atoms with E-state index in [0.717, 1.165) is 6.54 Å². The van der Waals surface area contributed by atoms with Gasteiger partial charge in [-0.3, -0.25) is 0 Å². The Morgan fingerprint density at radius 3 is 1.05 bits per heavy atom. The highest BCUT2D eigenvalue weighted by Crippen LogP contribution is 2.23. The summed E-state index contributed by atoms with van der Waals surface area (Å²) in [7, 11) is 0. The largest absolute Gasteiger partial charge is 0.356 e. The molecule has 0 aliphatic carbocycles. The minimum absolute atomic E-state index is 0.634. The molecule has 1 atom stereocenters. The maximum Gasteiger partial charge on any atom is 0.101 e. The molecule has 0 aromatic carbocycles. The minimum atomic E-state index is 0.634. The lowest BCUT2D eigenvalue weighted by molar-refractivity contribution is 0.142. The van der Waals surface area contributed by atoms with E-state index in [9.17, 15) is 0 Å². The van der Waals surface area contributed by atoms with Crippen molar-refractivity contribution < 1.29 is 0 Å². The van der Waals surface area contributed by atoms with Gasteiger partial charge < -0.3 is 9.80 Å². The van der Waals surface area contributed by atoms with Crippen LogP contribution >= 0.6 is 0 Å². The molecule has 0 aromatic heterocycles. The van der Waals surface area contributed by atoms with Crippen LogP contribution in [0, 0.1) is 0 Å². The zero-order chi connectivity index (χ0) is 27.4. The van der Waals surface area contributed by atoms with E-state index >= 15 is 0 Å². The summed E-state index contributed by atoms with van der Waals surface area (Å²) >= 11 is 0. The average Bonchev–Trinajstić information content (AvgIpc) is 3.33. The van der Waals surface area contributed by atoms with Gasteiger partial charge in [0.2, 0.25) is 0 Å². The van der Waals surface area contributed by atoms with E-state index in [1.165, 1.54) is 186 Å². The standard InChI is InChI=1S/C36H72N2/c1-4-7-9-11-13-15-17-19-21-23-25-27-29-31-33-38-35-34-37(6-3)36(38)32-30-28-26-24-22-20-18-16-14-12-10-8-5-2/h34-36H,4-33H2,1-3H3. The Morgan fingerprint density at radius 1 is 0.368 bits per heavy atom. The topological polar surface area (TPSA) is 6.48 Å². The summed E-state index contributed by atoms with van der Waals surface area (Å²) in [4.78, 5) is 5.23. The number of hydrogen-bond donors (Lipinski definition) is 0. The van der Waals surface area contributed by atoms with Crippen LogP contribution in [0.4, 0.5) is 0 Å². The van der Waals surface area contributed by atoms with E-state index in [-0.39, 0.29) is 0 Å². The van der Waals surface area contributed by atoms with Crippen LogP contribution in [-0.4, -0.2) is 29.1 Å². The van der Waals surface area contributed by atoms with Crippen molar-refractivity contribution in [2.75, 3.05) is 13.1 Å². The van der Waals surface area contributed by atoms with Gasteiger partial charge in [0.1, 0.15) is 6.17 Å². The first-order valence-corrected chi connectivity index (χ1v) is 18.0. The average molecular weight is 533 g/mol. The van der Waals surface area contributed by atoms with Gasteiger partial charge in [0, 0.05) is 25.5 Å². The fraction of sp³-hybridized carbons (Fsp3) is 0.944. The first-order valence-electron chi connectivity index (χ1n) is 18.0. The fourth-order valence-electron chi connectivity index (χ4n) is 6.27. The lowest BCUT2D eigenvalue weighted by Crippen LogP contribution is -2.38. The molecule has 2 heteroatoms. The van der Waals surface area contributed by atoms with Crippen molar-refractivity contribution in [1.29, 1.82) is 0 Å². The van der Waals surface area contributed by atoms with Crippen LogP contribution in [0.5, 0.6) is 0 Å². The summed E-state index contributed by atoms with van der Waals surface area (Å²) in [6, 6.07) is 0. The third-order valence-electron chi connectivity index (χ3n) is 8.92. The molecule has 0 saturated carbocycles. The van der Waals surface area contributed by atoms with E-state index in [1.54, 1.807) is 0 Å². The molecule has 1 rings (SSSR count). The second kappa shape index (κ2) is 27.9. The van der Waals surface area contributed by atoms with Crippen LogP contribution in [0.15, 0.2) is 12.4 Å². The molecule has 226 valence electrons. The molecule has 38 heavy (non-hydrogen) atoms. The van der Waals surface area contributed by atoms with Gasteiger partial charge in [-0.05, 0) is 26.2 Å². The van der Waals surface area contributed by atoms with E-state index in [0.29, 0.717) is 6.17 Å². The number of unbranched alkanes of at least 4 members (excludes halogenated alkanes) is 25. The Hall–Kier alpha value is -0.660. The zero-order valence-electron chi connectivity index (χ0n) is 26.8. The van der Waals surface area contributed by atoms with Crippen LogP contribution in [0.3, 0.4) is 0 Å². The molecular weight excluding hydrogens is 460 g/mol. The zero-order valence-corrected chi connectivity index (χ0v) is 26.8. The van der Waals surface area contributed by atoms with Gasteiger partial charge in [-0.25, -0.2) is 0 Å². The first kappa shape index (κ1) is 35.4. The van der Waals surface area contributed by atoms with Crippen molar-refractivity contribution in [1.82, 2.24) is 9.80 Å². The SMILES string of the molecule is CCCCCCCCCCCCCCCCN1C=CN(CC)C1CCCCCCCCCCCCCCC. The van der Waals surface area contributed by atoms with Gasteiger partial charge in [-0.1, -0.05) is 174 Å². The van der Waals surface area contributed by atoms with Gasteiger partial charge in [0.25, 0.3) is 0 Å². The maximum absolute atomic E-state index is 2.66. The van der Waals surface area contributed by atoms with Crippen molar-refractivity contribution in [2.45, 2.75) is 207 Å². The summed E-state index contributed by atoms with van der Waals surface area (Å²) in [5, 5.41) is 0. The molecule has 0 radical (unpaired) electrons. The monoisotopic (exact) mass is 533 g/mol. The van der Waals surface area contributed by atoms with Gasteiger partial charge in [0.15, 0.2) is 0 Å². The van der Waals surface area contributed by atoms with Crippen molar-refractivity contribution in [3.05, 3.63) is 12.4 Å². The van der Waals surface area contributed by atoms with Crippen LogP contribution in [0.2, 0.25) is 0 Å². The fourth-order valence-corrected chi connectivity index (χ4v) is 6.27. The Bertz CT molecular complexity index is 488. The molecule has 0 amide bonds. The van der Waals surface area contributed by atoms with Gasteiger partial charge in [-0.15, -0.1) is 0 Å². The summed E-state index contributed by atoms with van der Waals surface area (Å²) in [5.41, 5.74) is 0. The van der Waals surface area contributed by atoms with Crippen LogP contribution in [0.25, 0.3) is 0 Å². The van der Waals surface area contributed by atoms with E-state index in [2.05, 4.69) is 43.0 Å². The summed E-state index contributed by atoms with van der Waals surface area (Å²) in [6.45, 7) is 9.34. The van der Waals surface area contributed by atoms with Gasteiger partial charge in [-0.2, -0.15) is 0 Å². The molecule has 0 bridgehead atoms. The van der Waals surface area contributed by atoms with E-state index in [4.69, 9.17) is 0 Å². The molecule has 1 unspecified atom stereocenters. The van der Waals surface area contributed by atoms with Crippen LogP contribution in [0.1, 0.15) is 201 Å². The third kappa shape index (κ3) is 20.3. The normalized spacial score (nSPS) is 15.3.